The Morgan fingerprint density at radius 3 is 2.88 bits per heavy atom. The molecule has 1 saturated carbocycles. The minimum atomic E-state index is 0.614. The molecule has 0 spiro atoms. The second-order valence-electron chi connectivity index (χ2n) is 4.77. The van der Waals surface area contributed by atoms with E-state index in [1.807, 2.05) is 12.1 Å². The van der Waals surface area contributed by atoms with Gasteiger partial charge in [-0.05, 0) is 53.2 Å². The van der Waals surface area contributed by atoms with Gasteiger partial charge in [-0.3, -0.25) is 0 Å². The van der Waals surface area contributed by atoms with Crippen molar-refractivity contribution in [3.05, 3.63) is 22.7 Å². The summed E-state index contributed by atoms with van der Waals surface area (Å²) < 4.78 is 6.37. The molecule has 1 fully saturated rings. The number of anilines is 1. The Labute approximate surface area is 112 Å². The molecule has 3 heteroatoms. The van der Waals surface area contributed by atoms with Crippen LogP contribution in [0.3, 0.4) is 0 Å². The molecule has 1 aliphatic carbocycles. The number of nitrogens with one attached hydrogen (secondary N) is 1. The first-order valence-electron chi connectivity index (χ1n) is 6.33. The summed E-state index contributed by atoms with van der Waals surface area (Å²) in [7, 11) is 1.70. The molecule has 1 aromatic rings. The summed E-state index contributed by atoms with van der Waals surface area (Å²) in [5, 5.41) is 3.62. The molecule has 1 aliphatic rings. The molecule has 0 aliphatic heterocycles. The Kier molecular flexibility index (Phi) is 4.32. The van der Waals surface area contributed by atoms with E-state index in [0.29, 0.717) is 6.04 Å². The lowest BCUT2D eigenvalue weighted by Gasteiger charge is -2.16. The lowest BCUT2D eigenvalue weighted by Crippen LogP contribution is -2.15. The zero-order valence-electron chi connectivity index (χ0n) is 10.5. The maximum absolute atomic E-state index is 5.26. The number of ether oxygens (including phenoxy) is 1. The molecule has 0 aromatic heterocycles. The van der Waals surface area contributed by atoms with Gasteiger partial charge in [0.05, 0.1) is 12.8 Å². The van der Waals surface area contributed by atoms with Crippen molar-refractivity contribution in [2.24, 2.45) is 5.92 Å². The maximum atomic E-state index is 5.26. The van der Waals surface area contributed by atoms with Crippen LogP contribution in [0.5, 0.6) is 5.75 Å². The Morgan fingerprint density at radius 1 is 1.41 bits per heavy atom. The molecule has 0 amide bonds. The molecular weight excluding hydrogens is 278 g/mol. The second-order valence-corrected chi connectivity index (χ2v) is 5.63. The lowest BCUT2D eigenvalue weighted by molar-refractivity contribution is 0.415. The zero-order chi connectivity index (χ0) is 12.3. The number of methoxy groups -OCH3 is 1. The van der Waals surface area contributed by atoms with Crippen molar-refractivity contribution in [2.45, 2.75) is 38.6 Å². The lowest BCUT2D eigenvalue weighted by atomic mass is 10.1. The van der Waals surface area contributed by atoms with Crippen molar-refractivity contribution < 1.29 is 4.74 Å². The maximum Gasteiger partial charge on any atom is 0.121 e. The molecular formula is C14H20BrNO. The van der Waals surface area contributed by atoms with Crippen LogP contribution in [0.15, 0.2) is 22.7 Å². The Morgan fingerprint density at radius 2 is 2.24 bits per heavy atom. The van der Waals surface area contributed by atoms with Crippen LogP contribution in [0.4, 0.5) is 5.69 Å². The van der Waals surface area contributed by atoms with Crippen molar-refractivity contribution in [3.63, 3.8) is 0 Å². The van der Waals surface area contributed by atoms with Crippen molar-refractivity contribution in [3.8, 4) is 5.75 Å². The largest absolute Gasteiger partial charge is 0.497 e. The fraction of sp³-hybridized carbons (Fsp3) is 0.571. The molecule has 1 N–H and O–H groups in total. The molecule has 94 valence electrons. The SMILES string of the molecule is CCC1CCC(Nc2cc(OC)ccc2Br)C1. The number of benzene rings is 1. The first kappa shape index (κ1) is 12.7. The van der Waals surface area contributed by atoms with E-state index in [9.17, 15) is 0 Å². The fourth-order valence-corrected chi connectivity index (χ4v) is 2.90. The molecule has 0 radical (unpaired) electrons. The van der Waals surface area contributed by atoms with E-state index in [0.717, 1.165) is 21.8 Å². The van der Waals surface area contributed by atoms with E-state index < -0.39 is 0 Å². The number of hydrogen-bond acceptors (Lipinski definition) is 2. The summed E-state index contributed by atoms with van der Waals surface area (Å²) in [5.74, 6) is 1.80. The van der Waals surface area contributed by atoms with Crippen molar-refractivity contribution >= 4 is 21.6 Å². The summed E-state index contributed by atoms with van der Waals surface area (Å²) in [4.78, 5) is 0. The van der Waals surface area contributed by atoms with Crippen LogP contribution in [-0.2, 0) is 0 Å². The van der Waals surface area contributed by atoms with Gasteiger partial charge in [-0.25, -0.2) is 0 Å². The van der Waals surface area contributed by atoms with E-state index in [1.165, 1.54) is 25.7 Å². The zero-order valence-corrected chi connectivity index (χ0v) is 12.1. The predicted molar refractivity (Wildman–Crippen MR) is 75.7 cm³/mol. The third kappa shape index (κ3) is 3.15. The second kappa shape index (κ2) is 5.76. The normalized spacial score (nSPS) is 23.7. The molecule has 0 saturated heterocycles. The highest BCUT2D eigenvalue weighted by Crippen LogP contribution is 2.33. The Bertz CT molecular complexity index is 380. The molecule has 1 aromatic carbocycles. The van der Waals surface area contributed by atoms with Crippen molar-refractivity contribution in [2.75, 3.05) is 12.4 Å². The number of halogens is 1. The van der Waals surface area contributed by atoms with Crippen LogP contribution >= 0.6 is 15.9 Å². The third-order valence-electron chi connectivity index (χ3n) is 3.65. The van der Waals surface area contributed by atoms with E-state index in [-0.39, 0.29) is 0 Å². The smallest absolute Gasteiger partial charge is 0.121 e. The van der Waals surface area contributed by atoms with Gasteiger partial charge in [-0.15, -0.1) is 0 Å². The van der Waals surface area contributed by atoms with Crippen LogP contribution in [0.2, 0.25) is 0 Å². The average Bonchev–Trinajstić information content (AvgIpc) is 2.80. The summed E-state index contributed by atoms with van der Waals surface area (Å²) in [6.07, 6.45) is 5.23. The number of rotatable bonds is 4. The van der Waals surface area contributed by atoms with Crippen LogP contribution in [0.1, 0.15) is 32.6 Å². The van der Waals surface area contributed by atoms with Gasteiger partial charge in [-0.2, -0.15) is 0 Å². The molecule has 0 heterocycles. The van der Waals surface area contributed by atoms with Gasteiger partial charge in [-0.1, -0.05) is 13.3 Å². The highest BCUT2D eigenvalue weighted by atomic mass is 79.9. The van der Waals surface area contributed by atoms with Gasteiger partial charge in [0.15, 0.2) is 0 Å². The minimum Gasteiger partial charge on any atom is -0.497 e. The fourth-order valence-electron chi connectivity index (χ4n) is 2.54. The molecule has 2 nitrogen and oxygen atoms in total. The van der Waals surface area contributed by atoms with Crippen molar-refractivity contribution in [1.82, 2.24) is 0 Å². The van der Waals surface area contributed by atoms with Crippen LogP contribution in [0.25, 0.3) is 0 Å². The van der Waals surface area contributed by atoms with E-state index in [2.05, 4.69) is 34.2 Å². The van der Waals surface area contributed by atoms with Gasteiger partial charge in [0.2, 0.25) is 0 Å². The summed E-state index contributed by atoms with van der Waals surface area (Å²) >= 11 is 3.58. The topological polar surface area (TPSA) is 21.3 Å². The first-order chi connectivity index (χ1) is 8.22. The van der Waals surface area contributed by atoms with E-state index in [4.69, 9.17) is 4.74 Å². The minimum absolute atomic E-state index is 0.614. The number of hydrogen-bond donors (Lipinski definition) is 1. The van der Waals surface area contributed by atoms with Gasteiger partial charge in [0, 0.05) is 16.6 Å². The Balaban J connectivity index is 2.03. The van der Waals surface area contributed by atoms with Crippen LogP contribution in [-0.4, -0.2) is 13.2 Å². The summed E-state index contributed by atoms with van der Waals surface area (Å²) in [5.41, 5.74) is 1.14. The predicted octanol–water partition coefficient (Wildman–Crippen LogP) is 4.45. The van der Waals surface area contributed by atoms with Crippen molar-refractivity contribution in [1.29, 1.82) is 0 Å². The highest BCUT2D eigenvalue weighted by Gasteiger charge is 2.23. The molecule has 2 rings (SSSR count). The standard InChI is InChI=1S/C14H20BrNO/c1-3-10-4-5-11(8-10)16-14-9-12(17-2)6-7-13(14)15/h6-7,9-11,16H,3-5,8H2,1-2H3. The van der Waals surface area contributed by atoms with Crippen LogP contribution < -0.4 is 10.1 Å². The van der Waals surface area contributed by atoms with Crippen LogP contribution in [0, 0.1) is 5.92 Å². The van der Waals surface area contributed by atoms with E-state index >= 15 is 0 Å². The molecule has 2 unspecified atom stereocenters. The average molecular weight is 298 g/mol. The first-order valence-corrected chi connectivity index (χ1v) is 7.12. The van der Waals surface area contributed by atoms with Gasteiger partial charge < -0.3 is 10.1 Å². The highest BCUT2D eigenvalue weighted by molar-refractivity contribution is 9.10. The monoisotopic (exact) mass is 297 g/mol. The molecule has 2 atom stereocenters. The molecule has 0 bridgehead atoms. The van der Waals surface area contributed by atoms with E-state index in [1.54, 1.807) is 7.11 Å². The third-order valence-corrected chi connectivity index (χ3v) is 4.34. The van der Waals surface area contributed by atoms with Gasteiger partial charge >= 0.3 is 0 Å². The van der Waals surface area contributed by atoms with Gasteiger partial charge in [0.25, 0.3) is 0 Å². The summed E-state index contributed by atoms with van der Waals surface area (Å²) in [6, 6.07) is 6.68. The molecule has 17 heavy (non-hydrogen) atoms. The quantitative estimate of drug-likeness (QED) is 0.886. The summed E-state index contributed by atoms with van der Waals surface area (Å²) in [6.45, 7) is 2.29. The van der Waals surface area contributed by atoms with Gasteiger partial charge in [0.1, 0.15) is 5.75 Å². The Hall–Kier alpha value is -0.700.